The van der Waals surface area contributed by atoms with E-state index < -0.39 is 10.0 Å². The molecule has 31 heavy (non-hydrogen) atoms. The molecule has 0 bridgehead atoms. The molecule has 2 aliphatic heterocycles. The van der Waals surface area contributed by atoms with Crippen molar-refractivity contribution in [3.63, 3.8) is 0 Å². The molecule has 9 heteroatoms. The van der Waals surface area contributed by atoms with E-state index in [2.05, 4.69) is 5.32 Å². The van der Waals surface area contributed by atoms with Gasteiger partial charge in [-0.05, 0) is 44.2 Å². The molecule has 1 saturated carbocycles. The average molecular weight is 450 g/mol. The Bertz CT molecular complexity index is 964. The number of carbonyl (C=O) groups excluding carboxylic acids is 2. The third-order valence-corrected chi connectivity index (χ3v) is 8.84. The number of sulfonamides is 1. The van der Waals surface area contributed by atoms with Crippen LogP contribution >= 0.6 is 0 Å². The maximum atomic E-state index is 13.3. The summed E-state index contributed by atoms with van der Waals surface area (Å²) in [4.78, 5) is 26.6. The Labute approximate surface area is 184 Å². The molecule has 8 nitrogen and oxygen atoms in total. The number of rotatable bonds is 4. The summed E-state index contributed by atoms with van der Waals surface area (Å²) in [5.74, 6) is 0.134. The Hall–Kier alpha value is -2.13. The van der Waals surface area contributed by atoms with Crippen LogP contribution in [0.4, 0.5) is 5.69 Å². The lowest BCUT2D eigenvalue weighted by Crippen LogP contribution is -2.46. The Balaban J connectivity index is 1.43. The first-order valence-electron chi connectivity index (χ1n) is 11.1. The van der Waals surface area contributed by atoms with Gasteiger partial charge in [0.25, 0.3) is 5.91 Å². The predicted molar refractivity (Wildman–Crippen MR) is 116 cm³/mol. The summed E-state index contributed by atoms with van der Waals surface area (Å²) in [6.07, 6.45) is 6.79. The molecule has 2 amide bonds. The van der Waals surface area contributed by atoms with Crippen LogP contribution in [0.15, 0.2) is 17.0 Å². The van der Waals surface area contributed by atoms with Gasteiger partial charge < -0.3 is 15.0 Å². The highest BCUT2D eigenvalue weighted by Gasteiger charge is 2.36. The van der Waals surface area contributed by atoms with E-state index in [0.29, 0.717) is 49.0 Å². The molecule has 1 aromatic rings. The third kappa shape index (κ3) is 4.43. The summed E-state index contributed by atoms with van der Waals surface area (Å²) >= 11 is 0. The normalized spacial score (nSPS) is 21.2. The van der Waals surface area contributed by atoms with E-state index >= 15 is 0 Å². The van der Waals surface area contributed by atoms with Crippen molar-refractivity contribution in [2.75, 3.05) is 32.1 Å². The molecule has 170 valence electrons. The fraction of sp³-hybridized carbons (Fsp3) is 0.636. The number of nitrogens with zero attached hydrogens (tertiary/aromatic N) is 2. The molecule has 2 heterocycles. The second kappa shape index (κ2) is 8.78. The van der Waals surface area contributed by atoms with Crippen LogP contribution in [0.5, 0.6) is 5.75 Å². The number of anilines is 1. The van der Waals surface area contributed by atoms with Gasteiger partial charge >= 0.3 is 0 Å². The molecule has 2 fully saturated rings. The first kappa shape index (κ1) is 22.1. The molecular weight excluding hydrogens is 418 g/mol. The Morgan fingerprint density at radius 2 is 1.81 bits per heavy atom. The second-order valence-corrected chi connectivity index (χ2v) is 10.8. The van der Waals surface area contributed by atoms with Crippen molar-refractivity contribution in [1.82, 2.24) is 9.21 Å². The maximum absolute atomic E-state index is 13.3. The summed E-state index contributed by atoms with van der Waals surface area (Å²) in [7, 11) is -1.81. The number of fused-ring (bicyclic) bond motifs is 1. The predicted octanol–water partition coefficient (Wildman–Crippen LogP) is 2.52. The molecule has 1 aliphatic carbocycles. The van der Waals surface area contributed by atoms with Gasteiger partial charge in [0, 0.05) is 38.2 Å². The van der Waals surface area contributed by atoms with Crippen molar-refractivity contribution in [1.29, 1.82) is 0 Å². The lowest BCUT2D eigenvalue weighted by Gasteiger charge is -2.36. The lowest BCUT2D eigenvalue weighted by atomic mass is 9.91. The number of piperidine rings is 1. The van der Waals surface area contributed by atoms with Gasteiger partial charge in [-0.3, -0.25) is 9.59 Å². The fourth-order valence-corrected chi connectivity index (χ4v) is 6.60. The largest absolute Gasteiger partial charge is 0.482 e. The molecule has 0 spiro atoms. The quantitative estimate of drug-likeness (QED) is 0.762. The number of ether oxygens (including phenoxy) is 1. The molecule has 0 aromatic heterocycles. The summed E-state index contributed by atoms with van der Waals surface area (Å²) in [6, 6.07) is 3.45. The van der Waals surface area contributed by atoms with Gasteiger partial charge in [0.2, 0.25) is 15.9 Å². The van der Waals surface area contributed by atoms with Crippen molar-refractivity contribution >= 4 is 27.5 Å². The highest BCUT2D eigenvalue weighted by molar-refractivity contribution is 7.89. The SMILES string of the molecule is Cc1cc2c(cc1S(=O)(=O)N1CCC(C(=O)N(C)C3CCCCC3)CC1)OCC(=O)N2. The molecule has 0 unspecified atom stereocenters. The Kier molecular flexibility index (Phi) is 6.25. The second-order valence-electron chi connectivity index (χ2n) is 8.87. The minimum atomic E-state index is -3.71. The van der Waals surface area contributed by atoms with Gasteiger partial charge in [-0.25, -0.2) is 8.42 Å². The fourth-order valence-electron chi connectivity index (χ4n) is 4.91. The molecular formula is C22H31N3O5S. The molecule has 0 atom stereocenters. The zero-order chi connectivity index (χ0) is 22.2. The first-order chi connectivity index (χ1) is 14.8. The van der Waals surface area contributed by atoms with Crippen LogP contribution in [0.2, 0.25) is 0 Å². The van der Waals surface area contributed by atoms with Gasteiger partial charge in [0.15, 0.2) is 6.61 Å². The Morgan fingerprint density at radius 3 is 2.48 bits per heavy atom. The first-order valence-corrected chi connectivity index (χ1v) is 12.6. The zero-order valence-corrected chi connectivity index (χ0v) is 19.0. The van der Waals surface area contributed by atoms with Crippen LogP contribution in [0, 0.1) is 12.8 Å². The smallest absolute Gasteiger partial charge is 0.262 e. The molecule has 0 radical (unpaired) electrons. The van der Waals surface area contributed by atoms with Gasteiger partial charge in [-0.2, -0.15) is 4.31 Å². The van der Waals surface area contributed by atoms with E-state index in [9.17, 15) is 18.0 Å². The van der Waals surface area contributed by atoms with Crippen molar-refractivity contribution in [3.8, 4) is 5.75 Å². The summed E-state index contributed by atoms with van der Waals surface area (Å²) in [6.45, 7) is 2.23. The van der Waals surface area contributed by atoms with E-state index in [1.54, 1.807) is 13.0 Å². The standard InChI is InChI=1S/C22H31N3O5S/c1-15-12-18-19(30-14-21(26)23-18)13-20(15)31(28,29)25-10-8-16(9-11-25)22(27)24(2)17-6-4-3-5-7-17/h12-13,16-17H,3-11,14H2,1-2H3,(H,23,26). The number of hydrogen-bond acceptors (Lipinski definition) is 5. The van der Waals surface area contributed by atoms with E-state index in [-0.39, 0.29) is 29.2 Å². The average Bonchev–Trinajstić information content (AvgIpc) is 2.78. The molecule has 1 saturated heterocycles. The molecule has 1 aromatic carbocycles. The Morgan fingerprint density at radius 1 is 1.13 bits per heavy atom. The number of aryl methyl sites for hydroxylation is 1. The van der Waals surface area contributed by atoms with Gasteiger partial charge in [-0.1, -0.05) is 19.3 Å². The number of hydrogen-bond donors (Lipinski definition) is 1. The summed E-state index contributed by atoms with van der Waals surface area (Å²) < 4.78 is 33.5. The van der Waals surface area contributed by atoms with Crippen LogP contribution in [-0.4, -0.2) is 62.2 Å². The number of carbonyl (C=O) groups is 2. The molecule has 3 aliphatic rings. The van der Waals surface area contributed by atoms with Crippen LogP contribution in [0.3, 0.4) is 0 Å². The van der Waals surface area contributed by atoms with Crippen LogP contribution in [0.25, 0.3) is 0 Å². The highest BCUT2D eigenvalue weighted by Crippen LogP contribution is 2.35. The number of nitrogens with one attached hydrogen (secondary N) is 1. The topological polar surface area (TPSA) is 96.0 Å². The lowest BCUT2D eigenvalue weighted by molar-refractivity contribution is -0.138. The van der Waals surface area contributed by atoms with E-state index in [4.69, 9.17) is 4.74 Å². The monoisotopic (exact) mass is 449 g/mol. The van der Waals surface area contributed by atoms with Crippen LogP contribution < -0.4 is 10.1 Å². The van der Waals surface area contributed by atoms with Crippen LogP contribution in [0.1, 0.15) is 50.5 Å². The van der Waals surface area contributed by atoms with Gasteiger partial charge in [-0.15, -0.1) is 0 Å². The summed E-state index contributed by atoms with van der Waals surface area (Å²) in [5.41, 5.74) is 1.04. The molecule has 1 N–H and O–H groups in total. The van der Waals surface area contributed by atoms with E-state index in [0.717, 1.165) is 12.8 Å². The van der Waals surface area contributed by atoms with Crippen molar-refractivity contribution in [2.24, 2.45) is 5.92 Å². The zero-order valence-electron chi connectivity index (χ0n) is 18.2. The van der Waals surface area contributed by atoms with E-state index in [1.165, 1.54) is 29.6 Å². The van der Waals surface area contributed by atoms with Crippen LogP contribution in [-0.2, 0) is 19.6 Å². The minimum Gasteiger partial charge on any atom is -0.482 e. The third-order valence-electron chi connectivity index (χ3n) is 6.80. The van der Waals surface area contributed by atoms with Crippen molar-refractivity contribution in [3.05, 3.63) is 17.7 Å². The summed E-state index contributed by atoms with van der Waals surface area (Å²) in [5, 5.41) is 2.70. The van der Waals surface area contributed by atoms with Crippen molar-refractivity contribution in [2.45, 2.75) is 62.8 Å². The molecule has 4 rings (SSSR count). The highest BCUT2D eigenvalue weighted by atomic mass is 32.2. The van der Waals surface area contributed by atoms with E-state index in [1.807, 2.05) is 11.9 Å². The van der Waals surface area contributed by atoms with Crippen molar-refractivity contribution < 1.29 is 22.7 Å². The maximum Gasteiger partial charge on any atom is 0.262 e. The minimum absolute atomic E-state index is 0.124. The van der Waals surface area contributed by atoms with Gasteiger partial charge in [0.05, 0.1) is 10.6 Å². The number of amides is 2. The number of benzene rings is 1. The van der Waals surface area contributed by atoms with Gasteiger partial charge in [0.1, 0.15) is 5.75 Å².